The van der Waals surface area contributed by atoms with E-state index in [1.54, 1.807) is 12.5 Å². The van der Waals surface area contributed by atoms with Crippen molar-refractivity contribution >= 4 is 16.8 Å². The highest BCUT2D eigenvalue weighted by Gasteiger charge is 2.12. The van der Waals surface area contributed by atoms with Crippen LogP contribution in [-0.2, 0) is 6.54 Å². The lowest BCUT2D eigenvalue weighted by Crippen LogP contribution is -2.35. The number of rotatable bonds is 4. The molecule has 0 fully saturated rings. The first kappa shape index (κ1) is 12.5. The molecule has 0 radical (unpaired) electrons. The van der Waals surface area contributed by atoms with Gasteiger partial charge in [-0.1, -0.05) is 18.2 Å². The van der Waals surface area contributed by atoms with E-state index in [2.05, 4.69) is 15.3 Å². The standard InChI is InChI=1S/C15H16N4O/c1-11(9-19-7-6-16-10-19)17-15(20)14-8-12-4-2-3-5-13(12)18-14/h2-8,10-11,18H,9H2,1H3,(H,17,20). The molecule has 1 unspecified atom stereocenters. The zero-order chi connectivity index (χ0) is 13.9. The fourth-order valence-corrected chi connectivity index (χ4v) is 2.25. The molecule has 3 rings (SSSR count). The maximum atomic E-state index is 12.2. The van der Waals surface area contributed by atoms with E-state index in [9.17, 15) is 4.79 Å². The first-order valence-electron chi connectivity index (χ1n) is 6.57. The Balaban J connectivity index is 1.69. The summed E-state index contributed by atoms with van der Waals surface area (Å²) >= 11 is 0. The van der Waals surface area contributed by atoms with Crippen LogP contribution in [0.3, 0.4) is 0 Å². The van der Waals surface area contributed by atoms with Crippen molar-refractivity contribution in [1.82, 2.24) is 19.9 Å². The van der Waals surface area contributed by atoms with E-state index in [1.165, 1.54) is 0 Å². The topological polar surface area (TPSA) is 62.7 Å². The minimum Gasteiger partial charge on any atom is -0.351 e. The van der Waals surface area contributed by atoms with Gasteiger partial charge in [0.2, 0.25) is 0 Å². The first-order valence-corrected chi connectivity index (χ1v) is 6.57. The lowest BCUT2D eigenvalue weighted by molar-refractivity contribution is 0.0932. The molecule has 5 heteroatoms. The zero-order valence-electron chi connectivity index (χ0n) is 11.2. The predicted octanol–water partition coefficient (Wildman–Crippen LogP) is 2.18. The van der Waals surface area contributed by atoms with Crippen LogP contribution >= 0.6 is 0 Å². The minimum atomic E-state index is -0.0891. The fraction of sp³-hybridized carbons (Fsp3) is 0.200. The van der Waals surface area contributed by atoms with Gasteiger partial charge in [0.1, 0.15) is 5.69 Å². The van der Waals surface area contributed by atoms with E-state index in [0.29, 0.717) is 12.2 Å². The van der Waals surface area contributed by atoms with Gasteiger partial charge in [-0.15, -0.1) is 0 Å². The predicted molar refractivity (Wildman–Crippen MR) is 77.5 cm³/mol. The number of carbonyl (C=O) groups excluding carboxylic acids is 1. The van der Waals surface area contributed by atoms with Gasteiger partial charge in [-0.3, -0.25) is 4.79 Å². The summed E-state index contributed by atoms with van der Waals surface area (Å²) < 4.78 is 1.94. The van der Waals surface area contributed by atoms with Gasteiger partial charge in [-0.25, -0.2) is 4.98 Å². The van der Waals surface area contributed by atoms with Gasteiger partial charge in [0.15, 0.2) is 0 Å². The molecule has 0 saturated heterocycles. The summed E-state index contributed by atoms with van der Waals surface area (Å²) in [5, 5.41) is 4.02. The normalized spacial score (nSPS) is 12.4. The second-order valence-corrected chi connectivity index (χ2v) is 4.90. The maximum absolute atomic E-state index is 12.2. The van der Waals surface area contributed by atoms with Gasteiger partial charge in [0.25, 0.3) is 5.91 Å². The average molecular weight is 268 g/mol. The lowest BCUT2D eigenvalue weighted by Gasteiger charge is -2.13. The third-order valence-corrected chi connectivity index (χ3v) is 3.20. The third-order valence-electron chi connectivity index (χ3n) is 3.20. The molecule has 2 N–H and O–H groups in total. The lowest BCUT2D eigenvalue weighted by atomic mass is 10.2. The average Bonchev–Trinajstić information content (AvgIpc) is 3.06. The number of benzene rings is 1. The number of carbonyl (C=O) groups is 1. The maximum Gasteiger partial charge on any atom is 0.267 e. The molecule has 2 heterocycles. The van der Waals surface area contributed by atoms with Crippen LogP contribution < -0.4 is 5.32 Å². The number of para-hydroxylation sites is 1. The Bertz CT molecular complexity index is 681. The van der Waals surface area contributed by atoms with Gasteiger partial charge < -0.3 is 14.9 Å². The highest BCUT2D eigenvalue weighted by atomic mass is 16.1. The van der Waals surface area contributed by atoms with Crippen molar-refractivity contribution in [3.63, 3.8) is 0 Å². The molecule has 0 aliphatic carbocycles. The molecule has 1 aromatic carbocycles. The summed E-state index contributed by atoms with van der Waals surface area (Å²) in [7, 11) is 0. The van der Waals surface area contributed by atoms with Crippen molar-refractivity contribution in [3.05, 3.63) is 54.7 Å². The molecule has 1 atom stereocenters. The quantitative estimate of drug-likeness (QED) is 0.762. The molecule has 0 bridgehead atoms. The van der Waals surface area contributed by atoms with E-state index < -0.39 is 0 Å². The van der Waals surface area contributed by atoms with Crippen LogP contribution in [0.1, 0.15) is 17.4 Å². The van der Waals surface area contributed by atoms with Crippen molar-refractivity contribution < 1.29 is 4.79 Å². The fourth-order valence-electron chi connectivity index (χ4n) is 2.25. The Morgan fingerprint density at radius 1 is 1.45 bits per heavy atom. The number of H-pyrrole nitrogens is 1. The highest BCUT2D eigenvalue weighted by molar-refractivity contribution is 5.98. The number of hydrogen-bond donors (Lipinski definition) is 2. The van der Waals surface area contributed by atoms with Crippen molar-refractivity contribution in [2.75, 3.05) is 0 Å². The van der Waals surface area contributed by atoms with Crippen LogP contribution in [0.15, 0.2) is 49.1 Å². The molecule has 0 aliphatic heterocycles. The van der Waals surface area contributed by atoms with Crippen LogP contribution in [-0.4, -0.2) is 26.5 Å². The molecule has 0 spiro atoms. The van der Waals surface area contributed by atoms with E-state index in [-0.39, 0.29) is 11.9 Å². The van der Waals surface area contributed by atoms with E-state index >= 15 is 0 Å². The number of aromatic nitrogens is 3. The zero-order valence-corrected chi connectivity index (χ0v) is 11.2. The number of fused-ring (bicyclic) bond motifs is 1. The Labute approximate surface area is 116 Å². The molecule has 2 aromatic heterocycles. The molecule has 5 nitrogen and oxygen atoms in total. The van der Waals surface area contributed by atoms with Crippen molar-refractivity contribution in [2.45, 2.75) is 19.5 Å². The SMILES string of the molecule is CC(Cn1ccnc1)NC(=O)c1cc2ccccc2[nH]1. The second kappa shape index (κ2) is 5.21. The van der Waals surface area contributed by atoms with Crippen molar-refractivity contribution in [1.29, 1.82) is 0 Å². The molecule has 0 aliphatic rings. The van der Waals surface area contributed by atoms with Crippen molar-refractivity contribution in [3.8, 4) is 0 Å². The summed E-state index contributed by atoms with van der Waals surface area (Å²) in [6, 6.07) is 9.75. The monoisotopic (exact) mass is 268 g/mol. The molecule has 3 aromatic rings. The van der Waals surface area contributed by atoms with E-state index in [0.717, 1.165) is 10.9 Å². The highest BCUT2D eigenvalue weighted by Crippen LogP contribution is 2.14. The van der Waals surface area contributed by atoms with Gasteiger partial charge in [0.05, 0.1) is 6.33 Å². The largest absolute Gasteiger partial charge is 0.351 e. The molecule has 102 valence electrons. The van der Waals surface area contributed by atoms with E-state index in [4.69, 9.17) is 0 Å². The number of imidazole rings is 1. The Morgan fingerprint density at radius 2 is 2.30 bits per heavy atom. The Hall–Kier alpha value is -2.56. The second-order valence-electron chi connectivity index (χ2n) is 4.90. The molecule has 1 amide bonds. The molecular weight excluding hydrogens is 252 g/mol. The van der Waals surface area contributed by atoms with Gasteiger partial charge in [0, 0.05) is 35.9 Å². The smallest absolute Gasteiger partial charge is 0.267 e. The number of amides is 1. The van der Waals surface area contributed by atoms with Crippen LogP contribution in [0.25, 0.3) is 10.9 Å². The molecule has 0 saturated carbocycles. The van der Waals surface area contributed by atoms with Crippen LogP contribution in [0, 0.1) is 0 Å². The minimum absolute atomic E-state index is 0.0307. The van der Waals surface area contributed by atoms with E-state index in [1.807, 2.05) is 48.0 Å². The first-order chi connectivity index (χ1) is 9.72. The summed E-state index contributed by atoms with van der Waals surface area (Å²) in [4.78, 5) is 19.3. The molecular formula is C15H16N4O. The summed E-state index contributed by atoms with van der Waals surface area (Å²) in [6.45, 7) is 2.67. The van der Waals surface area contributed by atoms with Crippen molar-refractivity contribution in [2.24, 2.45) is 0 Å². The third kappa shape index (κ3) is 2.56. The van der Waals surface area contributed by atoms with Gasteiger partial charge in [-0.05, 0) is 19.1 Å². The summed E-state index contributed by atoms with van der Waals surface area (Å²) in [5.74, 6) is -0.0891. The summed E-state index contributed by atoms with van der Waals surface area (Å²) in [5.41, 5.74) is 1.56. The Morgan fingerprint density at radius 3 is 3.05 bits per heavy atom. The molecule has 20 heavy (non-hydrogen) atoms. The number of hydrogen-bond acceptors (Lipinski definition) is 2. The summed E-state index contributed by atoms with van der Waals surface area (Å²) in [6.07, 6.45) is 5.35. The van der Waals surface area contributed by atoms with Crippen LogP contribution in [0.2, 0.25) is 0 Å². The number of nitrogens with one attached hydrogen (secondary N) is 2. The van der Waals surface area contributed by atoms with Crippen LogP contribution in [0.4, 0.5) is 0 Å². The number of nitrogens with zero attached hydrogens (tertiary/aromatic N) is 2. The van der Waals surface area contributed by atoms with Gasteiger partial charge in [-0.2, -0.15) is 0 Å². The van der Waals surface area contributed by atoms with Crippen LogP contribution in [0.5, 0.6) is 0 Å². The number of aromatic amines is 1. The Kier molecular flexibility index (Phi) is 3.25. The van der Waals surface area contributed by atoms with Gasteiger partial charge >= 0.3 is 0 Å².